The van der Waals surface area contributed by atoms with E-state index in [1.807, 2.05) is 6.92 Å². The van der Waals surface area contributed by atoms with E-state index in [-0.39, 0.29) is 17.2 Å². The van der Waals surface area contributed by atoms with Crippen molar-refractivity contribution in [2.75, 3.05) is 19.8 Å². The Labute approximate surface area is 209 Å². The maximum atomic E-state index is 14.7. The lowest BCUT2D eigenvalue weighted by molar-refractivity contribution is -0.193. The van der Waals surface area contributed by atoms with Gasteiger partial charge in [-0.05, 0) is 67.2 Å². The molecular formula is C30H40F2O3. The van der Waals surface area contributed by atoms with Gasteiger partial charge in [0.25, 0.3) is 0 Å². The fraction of sp³-hybridized carbons (Fsp3) is 0.600. The topological polar surface area (TPSA) is 27.7 Å². The molecule has 1 heterocycles. The smallest absolute Gasteiger partial charge is 0.201 e. The lowest BCUT2D eigenvalue weighted by atomic mass is 9.77. The number of unbranched alkanes of at least 4 members (excludes halogenated alkanes) is 2. The molecule has 5 heteroatoms. The molecule has 0 spiro atoms. The van der Waals surface area contributed by atoms with Crippen LogP contribution in [0.5, 0.6) is 5.75 Å². The van der Waals surface area contributed by atoms with Gasteiger partial charge in [-0.3, -0.25) is 0 Å². The first kappa shape index (κ1) is 26.1. The highest BCUT2D eigenvalue weighted by molar-refractivity contribution is 5.32. The van der Waals surface area contributed by atoms with Crippen LogP contribution in [0.2, 0.25) is 0 Å². The number of ether oxygens (including phenoxy) is 3. The maximum Gasteiger partial charge on any atom is 0.201 e. The molecule has 192 valence electrons. The summed E-state index contributed by atoms with van der Waals surface area (Å²) in [4.78, 5) is 0. The first-order valence-corrected chi connectivity index (χ1v) is 13.5. The molecule has 1 saturated carbocycles. The van der Waals surface area contributed by atoms with Crippen LogP contribution in [0.15, 0.2) is 36.4 Å². The summed E-state index contributed by atoms with van der Waals surface area (Å²) in [5, 5.41) is 0. The van der Waals surface area contributed by atoms with Gasteiger partial charge in [-0.1, -0.05) is 63.8 Å². The monoisotopic (exact) mass is 486 g/mol. The molecule has 0 radical (unpaired) electrons. The molecule has 3 nitrogen and oxygen atoms in total. The Kier molecular flexibility index (Phi) is 9.56. The number of hydrogen-bond donors (Lipinski definition) is 0. The SMILES string of the molecule is CCCCOc1ccc(C2OCC(c3ccc(C4CCC(CCCC)CC4)cc3)CO2)c(F)c1F. The summed E-state index contributed by atoms with van der Waals surface area (Å²) >= 11 is 0. The second kappa shape index (κ2) is 12.8. The summed E-state index contributed by atoms with van der Waals surface area (Å²) in [7, 11) is 0. The van der Waals surface area contributed by atoms with Gasteiger partial charge in [0.2, 0.25) is 5.82 Å². The number of rotatable bonds is 10. The Morgan fingerprint density at radius 2 is 1.40 bits per heavy atom. The van der Waals surface area contributed by atoms with Crippen molar-refractivity contribution in [2.45, 2.75) is 89.8 Å². The molecule has 0 atom stereocenters. The van der Waals surface area contributed by atoms with Crippen LogP contribution in [0, 0.1) is 17.6 Å². The van der Waals surface area contributed by atoms with E-state index in [9.17, 15) is 8.78 Å². The lowest BCUT2D eigenvalue weighted by Gasteiger charge is -2.31. The first-order valence-electron chi connectivity index (χ1n) is 13.5. The zero-order chi connectivity index (χ0) is 24.6. The van der Waals surface area contributed by atoms with Gasteiger partial charge in [-0.15, -0.1) is 0 Å². The largest absolute Gasteiger partial charge is 0.490 e. The van der Waals surface area contributed by atoms with Crippen LogP contribution < -0.4 is 4.74 Å². The Morgan fingerprint density at radius 1 is 0.771 bits per heavy atom. The van der Waals surface area contributed by atoms with E-state index in [1.54, 1.807) is 0 Å². The third-order valence-electron chi connectivity index (χ3n) is 7.68. The van der Waals surface area contributed by atoms with Crippen molar-refractivity contribution in [2.24, 2.45) is 5.92 Å². The van der Waals surface area contributed by atoms with Gasteiger partial charge in [0.05, 0.1) is 19.8 Å². The third kappa shape index (κ3) is 6.62. The number of benzene rings is 2. The highest BCUT2D eigenvalue weighted by Crippen LogP contribution is 2.39. The lowest BCUT2D eigenvalue weighted by Crippen LogP contribution is -2.26. The van der Waals surface area contributed by atoms with E-state index in [4.69, 9.17) is 14.2 Å². The Bertz CT molecular complexity index is 914. The Balaban J connectivity index is 1.29. The molecule has 1 aliphatic carbocycles. The summed E-state index contributed by atoms with van der Waals surface area (Å²) in [6, 6.07) is 11.8. The predicted molar refractivity (Wildman–Crippen MR) is 135 cm³/mol. The number of hydrogen-bond acceptors (Lipinski definition) is 3. The zero-order valence-electron chi connectivity index (χ0n) is 21.2. The van der Waals surface area contributed by atoms with Gasteiger partial charge in [-0.25, -0.2) is 4.39 Å². The molecule has 1 aliphatic heterocycles. The summed E-state index contributed by atoms with van der Waals surface area (Å²) in [5.41, 5.74) is 2.67. The molecule has 2 aromatic rings. The highest BCUT2D eigenvalue weighted by atomic mass is 19.2. The normalized spacial score (nSPS) is 24.9. The Morgan fingerprint density at radius 3 is 2.03 bits per heavy atom. The summed E-state index contributed by atoms with van der Waals surface area (Å²) in [6.07, 6.45) is 10.1. The maximum absolute atomic E-state index is 14.7. The zero-order valence-corrected chi connectivity index (χ0v) is 21.2. The molecule has 2 aliphatic rings. The fourth-order valence-electron chi connectivity index (χ4n) is 5.36. The second-order valence-electron chi connectivity index (χ2n) is 10.2. The molecule has 0 unspecified atom stereocenters. The van der Waals surface area contributed by atoms with Gasteiger partial charge in [-0.2, -0.15) is 4.39 Å². The Hall–Kier alpha value is -1.98. The van der Waals surface area contributed by atoms with Crippen molar-refractivity contribution in [3.05, 3.63) is 64.7 Å². The predicted octanol–water partition coefficient (Wildman–Crippen LogP) is 8.44. The van der Waals surface area contributed by atoms with E-state index in [2.05, 4.69) is 31.2 Å². The van der Waals surface area contributed by atoms with E-state index in [0.29, 0.717) is 25.7 Å². The van der Waals surface area contributed by atoms with Crippen molar-refractivity contribution < 1.29 is 23.0 Å². The molecule has 2 fully saturated rings. The summed E-state index contributed by atoms with van der Waals surface area (Å²) in [5.74, 6) is -0.355. The van der Waals surface area contributed by atoms with E-state index in [0.717, 1.165) is 24.3 Å². The van der Waals surface area contributed by atoms with Crippen molar-refractivity contribution in [3.63, 3.8) is 0 Å². The number of halogens is 2. The minimum Gasteiger partial charge on any atom is -0.490 e. The van der Waals surface area contributed by atoms with Gasteiger partial charge in [0.1, 0.15) is 0 Å². The minimum absolute atomic E-state index is 0.0667. The molecule has 1 saturated heterocycles. The van der Waals surface area contributed by atoms with Gasteiger partial charge in [0.15, 0.2) is 17.9 Å². The minimum atomic E-state index is -0.983. The first-order chi connectivity index (χ1) is 17.1. The fourth-order valence-corrected chi connectivity index (χ4v) is 5.36. The van der Waals surface area contributed by atoms with Crippen LogP contribution in [-0.4, -0.2) is 19.8 Å². The molecule has 2 aromatic carbocycles. The van der Waals surface area contributed by atoms with Gasteiger partial charge >= 0.3 is 0 Å². The van der Waals surface area contributed by atoms with Crippen molar-refractivity contribution >= 4 is 0 Å². The van der Waals surface area contributed by atoms with Gasteiger partial charge in [0, 0.05) is 11.5 Å². The average molecular weight is 487 g/mol. The van der Waals surface area contributed by atoms with Crippen molar-refractivity contribution in [1.29, 1.82) is 0 Å². The highest BCUT2D eigenvalue weighted by Gasteiger charge is 2.29. The van der Waals surface area contributed by atoms with Crippen LogP contribution in [0.4, 0.5) is 8.78 Å². The van der Waals surface area contributed by atoms with Crippen LogP contribution in [0.3, 0.4) is 0 Å². The average Bonchev–Trinajstić information content (AvgIpc) is 2.91. The summed E-state index contributed by atoms with van der Waals surface area (Å²) < 4.78 is 46.1. The molecule has 35 heavy (non-hydrogen) atoms. The summed E-state index contributed by atoms with van der Waals surface area (Å²) in [6.45, 7) is 5.46. The molecule has 0 aromatic heterocycles. The molecule has 4 rings (SSSR count). The van der Waals surface area contributed by atoms with Crippen LogP contribution in [0.1, 0.15) is 106 Å². The van der Waals surface area contributed by atoms with E-state index < -0.39 is 17.9 Å². The third-order valence-corrected chi connectivity index (χ3v) is 7.68. The molecular weight excluding hydrogens is 446 g/mol. The van der Waals surface area contributed by atoms with Crippen molar-refractivity contribution in [1.82, 2.24) is 0 Å². The van der Waals surface area contributed by atoms with Crippen LogP contribution in [-0.2, 0) is 9.47 Å². The van der Waals surface area contributed by atoms with E-state index >= 15 is 0 Å². The second-order valence-corrected chi connectivity index (χ2v) is 10.2. The standard InChI is InChI=1S/C30H40F2O3/c1-3-5-7-21-8-10-22(11-9-21)23-12-14-24(15-13-23)25-19-34-30(35-20-25)26-16-17-27(29(32)28(26)31)33-18-6-4-2/h12-17,21-22,25,30H,3-11,18-20H2,1-2H3. The van der Waals surface area contributed by atoms with Crippen LogP contribution in [0.25, 0.3) is 0 Å². The molecule has 0 bridgehead atoms. The quantitative estimate of drug-likeness (QED) is 0.315. The van der Waals surface area contributed by atoms with Gasteiger partial charge < -0.3 is 14.2 Å². The van der Waals surface area contributed by atoms with E-state index in [1.165, 1.54) is 62.6 Å². The van der Waals surface area contributed by atoms with Crippen molar-refractivity contribution in [3.8, 4) is 5.75 Å². The molecule has 0 amide bonds. The molecule has 0 N–H and O–H groups in total. The van der Waals surface area contributed by atoms with Crippen LogP contribution >= 0.6 is 0 Å².